The molecule has 0 amide bonds. The minimum atomic E-state index is -0.440. The predicted molar refractivity (Wildman–Crippen MR) is 57.0 cm³/mol. The second-order valence-corrected chi connectivity index (χ2v) is 3.82. The number of thioether (sulfide) groups is 1. The van der Waals surface area contributed by atoms with Crippen molar-refractivity contribution < 1.29 is 19.1 Å². The molecule has 0 saturated heterocycles. The first kappa shape index (κ1) is 11.8. The number of ether oxygens (including phenoxy) is 2. The fourth-order valence-corrected chi connectivity index (χ4v) is 2.08. The van der Waals surface area contributed by atoms with Crippen molar-refractivity contribution in [2.24, 2.45) is 0 Å². The van der Waals surface area contributed by atoms with Crippen LogP contribution in [0, 0.1) is 0 Å². The lowest BCUT2D eigenvalue weighted by atomic mass is 10.2. The van der Waals surface area contributed by atoms with Crippen LogP contribution in [0.1, 0.15) is 13.8 Å². The van der Waals surface area contributed by atoms with Crippen molar-refractivity contribution in [1.82, 2.24) is 0 Å². The normalized spacial score (nSPS) is 18.6. The Morgan fingerprint density at radius 1 is 1.53 bits per heavy atom. The summed E-state index contributed by atoms with van der Waals surface area (Å²) in [6, 6.07) is 0. The molecular formula is C10H12O4S. The van der Waals surface area contributed by atoms with Gasteiger partial charge in [0.25, 0.3) is 5.12 Å². The first-order valence-corrected chi connectivity index (χ1v) is 5.27. The maximum atomic E-state index is 11.4. The Morgan fingerprint density at radius 2 is 2.20 bits per heavy atom. The number of hydrogen-bond acceptors (Lipinski definition) is 5. The lowest BCUT2D eigenvalue weighted by Gasteiger charge is -1.99. The number of methoxy groups -OCH3 is 1. The molecule has 1 rings (SSSR count). The van der Waals surface area contributed by atoms with E-state index in [2.05, 4.69) is 0 Å². The fourth-order valence-electron chi connectivity index (χ4n) is 1.15. The van der Waals surface area contributed by atoms with Crippen molar-refractivity contribution in [3.63, 3.8) is 0 Å². The zero-order chi connectivity index (χ0) is 11.4. The van der Waals surface area contributed by atoms with E-state index in [-0.39, 0.29) is 5.12 Å². The topological polar surface area (TPSA) is 52.6 Å². The highest BCUT2D eigenvalue weighted by molar-refractivity contribution is 8.18. The van der Waals surface area contributed by atoms with Crippen LogP contribution in [-0.4, -0.2) is 24.8 Å². The van der Waals surface area contributed by atoms with Crippen LogP contribution in [0.2, 0.25) is 0 Å². The molecule has 82 valence electrons. The van der Waals surface area contributed by atoms with E-state index in [0.717, 1.165) is 11.8 Å². The fraction of sp³-hybridized carbons (Fsp3) is 0.400. The Bertz CT molecular complexity index is 354. The Kier molecular flexibility index (Phi) is 3.96. The average molecular weight is 228 g/mol. The molecule has 0 fully saturated rings. The van der Waals surface area contributed by atoms with Crippen molar-refractivity contribution in [2.75, 3.05) is 13.7 Å². The van der Waals surface area contributed by atoms with Gasteiger partial charge in [-0.3, -0.25) is 4.79 Å². The van der Waals surface area contributed by atoms with Crippen molar-refractivity contribution in [3.05, 3.63) is 22.3 Å². The van der Waals surface area contributed by atoms with E-state index in [4.69, 9.17) is 9.47 Å². The highest BCUT2D eigenvalue weighted by atomic mass is 32.2. The van der Waals surface area contributed by atoms with Gasteiger partial charge in [-0.25, -0.2) is 4.79 Å². The molecule has 0 spiro atoms. The van der Waals surface area contributed by atoms with Crippen molar-refractivity contribution in [2.45, 2.75) is 13.8 Å². The van der Waals surface area contributed by atoms with E-state index in [1.54, 1.807) is 13.8 Å². The number of carbonyl (C=O) groups is 2. The molecule has 0 aromatic heterocycles. The monoisotopic (exact) mass is 228 g/mol. The summed E-state index contributed by atoms with van der Waals surface area (Å²) in [5, 5.41) is -0.175. The third-order valence-corrected chi connectivity index (χ3v) is 2.85. The summed E-state index contributed by atoms with van der Waals surface area (Å²) in [7, 11) is 1.44. The summed E-state index contributed by atoms with van der Waals surface area (Å²) in [6.07, 6.45) is 1.31. The van der Waals surface area contributed by atoms with Crippen molar-refractivity contribution in [1.29, 1.82) is 0 Å². The molecule has 1 aliphatic heterocycles. The first-order valence-electron chi connectivity index (χ1n) is 4.46. The molecule has 5 heteroatoms. The van der Waals surface area contributed by atoms with Gasteiger partial charge in [-0.2, -0.15) is 0 Å². The summed E-state index contributed by atoms with van der Waals surface area (Å²) in [5.74, 6) is -0.139. The minimum Gasteiger partial charge on any atom is -0.492 e. The number of rotatable bonds is 3. The van der Waals surface area contributed by atoms with Crippen molar-refractivity contribution in [3.8, 4) is 0 Å². The molecule has 0 atom stereocenters. The molecule has 0 aromatic carbocycles. The molecule has 15 heavy (non-hydrogen) atoms. The van der Waals surface area contributed by atoms with Crippen LogP contribution in [0.3, 0.4) is 0 Å². The second kappa shape index (κ2) is 5.02. The predicted octanol–water partition coefficient (Wildman–Crippen LogP) is 1.63. The smallest absolute Gasteiger partial charge is 0.331 e. The van der Waals surface area contributed by atoms with Crippen molar-refractivity contribution >= 4 is 22.8 Å². The summed E-state index contributed by atoms with van der Waals surface area (Å²) >= 11 is 0.983. The SMILES string of the molecule is CCOC(=O)/C=C1\SC(=O)C(OC)=C1C. The molecule has 0 aromatic rings. The van der Waals surface area contributed by atoms with Crippen LogP contribution >= 0.6 is 11.8 Å². The summed E-state index contributed by atoms with van der Waals surface area (Å²) in [6.45, 7) is 3.79. The number of allylic oxidation sites excluding steroid dienone is 1. The van der Waals surface area contributed by atoms with E-state index in [1.165, 1.54) is 13.2 Å². The van der Waals surface area contributed by atoms with Crippen LogP contribution in [-0.2, 0) is 19.1 Å². The molecule has 1 heterocycles. The van der Waals surface area contributed by atoms with Crippen LogP contribution in [0.15, 0.2) is 22.3 Å². The lowest BCUT2D eigenvalue weighted by Crippen LogP contribution is -2.00. The Hall–Kier alpha value is -1.23. The molecule has 0 unspecified atom stereocenters. The number of esters is 1. The molecule has 0 bridgehead atoms. The molecule has 0 radical (unpaired) electrons. The van der Waals surface area contributed by atoms with E-state index >= 15 is 0 Å². The van der Waals surface area contributed by atoms with E-state index < -0.39 is 5.97 Å². The number of hydrogen-bond donors (Lipinski definition) is 0. The van der Waals surface area contributed by atoms with E-state index in [0.29, 0.717) is 22.8 Å². The third kappa shape index (κ3) is 2.62. The average Bonchev–Trinajstić information content (AvgIpc) is 2.42. The minimum absolute atomic E-state index is 0.175. The van der Waals surface area contributed by atoms with Crippen LogP contribution in [0.4, 0.5) is 0 Å². The van der Waals surface area contributed by atoms with Crippen LogP contribution < -0.4 is 0 Å². The Morgan fingerprint density at radius 3 is 2.67 bits per heavy atom. The van der Waals surface area contributed by atoms with Gasteiger partial charge in [-0.1, -0.05) is 0 Å². The van der Waals surface area contributed by atoms with Gasteiger partial charge < -0.3 is 9.47 Å². The number of carbonyl (C=O) groups excluding carboxylic acids is 2. The third-order valence-electron chi connectivity index (χ3n) is 1.84. The van der Waals surface area contributed by atoms with Gasteiger partial charge in [-0.05, 0) is 25.6 Å². The quantitative estimate of drug-likeness (QED) is 0.542. The van der Waals surface area contributed by atoms with Gasteiger partial charge in [0.15, 0.2) is 5.76 Å². The Balaban J connectivity index is 2.87. The van der Waals surface area contributed by atoms with E-state index in [9.17, 15) is 9.59 Å². The van der Waals surface area contributed by atoms with Gasteiger partial charge in [0, 0.05) is 16.6 Å². The second-order valence-electron chi connectivity index (χ2n) is 2.81. The molecule has 4 nitrogen and oxygen atoms in total. The molecule has 0 N–H and O–H groups in total. The largest absolute Gasteiger partial charge is 0.492 e. The van der Waals surface area contributed by atoms with Gasteiger partial charge >= 0.3 is 5.97 Å². The van der Waals surface area contributed by atoms with E-state index in [1.807, 2.05) is 0 Å². The summed E-state index contributed by atoms with van der Waals surface area (Å²) in [4.78, 5) is 23.1. The first-order chi connectivity index (χ1) is 7.10. The molecular weight excluding hydrogens is 216 g/mol. The van der Waals surface area contributed by atoms with Gasteiger partial charge in [0.05, 0.1) is 13.7 Å². The summed E-state index contributed by atoms with van der Waals surface area (Å²) in [5.41, 5.74) is 0.681. The van der Waals surface area contributed by atoms with Gasteiger partial charge in [0.1, 0.15) is 0 Å². The molecule has 1 aliphatic rings. The van der Waals surface area contributed by atoms with Gasteiger partial charge in [-0.15, -0.1) is 0 Å². The maximum Gasteiger partial charge on any atom is 0.331 e. The molecule has 0 saturated carbocycles. The van der Waals surface area contributed by atoms with Crippen LogP contribution in [0.25, 0.3) is 0 Å². The standard InChI is InChI=1S/C10H12O4S/c1-4-14-8(11)5-7-6(2)9(13-3)10(12)15-7/h5H,4H2,1-3H3/b7-5-. The Labute approximate surface area is 92.3 Å². The maximum absolute atomic E-state index is 11.4. The highest BCUT2D eigenvalue weighted by Crippen LogP contribution is 2.37. The summed E-state index contributed by atoms with van der Waals surface area (Å²) < 4.78 is 9.68. The zero-order valence-corrected chi connectivity index (χ0v) is 9.64. The highest BCUT2D eigenvalue weighted by Gasteiger charge is 2.27. The van der Waals surface area contributed by atoms with Gasteiger partial charge in [0.2, 0.25) is 0 Å². The zero-order valence-electron chi connectivity index (χ0n) is 8.83. The lowest BCUT2D eigenvalue weighted by molar-refractivity contribution is -0.137. The molecule has 0 aliphatic carbocycles. The van der Waals surface area contributed by atoms with Crippen LogP contribution in [0.5, 0.6) is 0 Å².